The summed E-state index contributed by atoms with van der Waals surface area (Å²) in [6.45, 7) is 4.81. The Balaban J connectivity index is 1.63. The fraction of sp³-hybridized carbons (Fsp3) is 0.950. The number of hydrogen-bond donors (Lipinski definition) is 1. The highest BCUT2D eigenvalue weighted by Crippen LogP contribution is 2.64. The molecule has 0 heterocycles. The fourth-order valence-corrected chi connectivity index (χ4v) is 7.20. The van der Waals surface area contributed by atoms with Crippen molar-refractivity contribution < 1.29 is 9.90 Å². The van der Waals surface area contributed by atoms with Crippen molar-refractivity contribution in [2.24, 2.45) is 34.5 Å². The number of Topliss-reactive ketones (excluding diaryl/α,β-unsaturated/α-hetero) is 1. The van der Waals surface area contributed by atoms with Gasteiger partial charge in [0, 0.05) is 11.8 Å². The van der Waals surface area contributed by atoms with Crippen LogP contribution in [0.25, 0.3) is 0 Å². The molecule has 4 rings (SSSR count). The molecule has 0 aromatic heterocycles. The lowest BCUT2D eigenvalue weighted by Crippen LogP contribution is -2.56. The summed E-state index contributed by atoms with van der Waals surface area (Å²) in [5.74, 6) is 3.52. The zero-order chi connectivity index (χ0) is 15.5. The highest BCUT2D eigenvalue weighted by atomic mass is 16.3. The third-order valence-electron chi connectivity index (χ3n) is 8.58. The second kappa shape index (κ2) is 5.06. The fourth-order valence-electron chi connectivity index (χ4n) is 7.20. The summed E-state index contributed by atoms with van der Waals surface area (Å²) in [5, 5.41) is 10.1. The summed E-state index contributed by atoms with van der Waals surface area (Å²) in [4.78, 5) is 12.6. The van der Waals surface area contributed by atoms with Gasteiger partial charge in [0.2, 0.25) is 0 Å². The van der Waals surface area contributed by atoms with Crippen LogP contribution < -0.4 is 0 Å². The number of carbonyl (C=O) groups is 1. The molecule has 0 aromatic carbocycles. The average Bonchev–Trinajstić information content (AvgIpc) is 2.49. The van der Waals surface area contributed by atoms with E-state index in [0.29, 0.717) is 17.1 Å². The van der Waals surface area contributed by atoms with Crippen molar-refractivity contribution in [3.8, 4) is 0 Å². The highest BCUT2D eigenvalue weighted by molar-refractivity contribution is 5.85. The Bertz CT molecular complexity index is 472. The molecule has 2 nitrogen and oxygen atoms in total. The summed E-state index contributed by atoms with van der Waals surface area (Å²) in [6.07, 6.45) is 11.4. The van der Waals surface area contributed by atoms with E-state index in [4.69, 9.17) is 0 Å². The molecule has 4 fully saturated rings. The molecule has 0 saturated heterocycles. The third-order valence-corrected chi connectivity index (χ3v) is 8.58. The molecule has 4 saturated carbocycles. The van der Waals surface area contributed by atoms with Gasteiger partial charge in [0.05, 0.1) is 6.10 Å². The maximum absolute atomic E-state index is 12.6. The van der Waals surface area contributed by atoms with Gasteiger partial charge in [-0.1, -0.05) is 13.8 Å². The number of ketones is 1. The first-order valence-electron chi connectivity index (χ1n) is 9.66. The Hall–Kier alpha value is -0.370. The van der Waals surface area contributed by atoms with Crippen molar-refractivity contribution in [1.82, 2.24) is 0 Å². The van der Waals surface area contributed by atoms with E-state index >= 15 is 0 Å². The summed E-state index contributed by atoms with van der Waals surface area (Å²) >= 11 is 0. The molecular weight excluding hydrogens is 272 g/mol. The number of hydrogen-bond acceptors (Lipinski definition) is 2. The number of aliphatic hydroxyl groups is 1. The molecule has 22 heavy (non-hydrogen) atoms. The first-order valence-corrected chi connectivity index (χ1v) is 9.66. The van der Waals surface area contributed by atoms with Crippen molar-refractivity contribution in [2.45, 2.75) is 84.2 Å². The molecule has 4 aliphatic carbocycles. The molecule has 124 valence electrons. The van der Waals surface area contributed by atoms with E-state index < -0.39 is 0 Å². The lowest BCUT2D eigenvalue weighted by atomic mass is 9.43. The van der Waals surface area contributed by atoms with E-state index in [0.717, 1.165) is 49.9 Å². The Morgan fingerprint density at radius 1 is 1.00 bits per heavy atom. The SMILES string of the molecule is CC12CCC3C(CCC4CC(O)CC[C@@]43C)C1CCCC2=O. The van der Waals surface area contributed by atoms with Gasteiger partial charge in [-0.2, -0.15) is 0 Å². The Morgan fingerprint density at radius 3 is 2.64 bits per heavy atom. The minimum absolute atomic E-state index is 0.00318. The first kappa shape index (κ1) is 15.2. The number of carbonyl (C=O) groups excluding carboxylic acids is 1. The van der Waals surface area contributed by atoms with Gasteiger partial charge in [-0.25, -0.2) is 0 Å². The van der Waals surface area contributed by atoms with Crippen molar-refractivity contribution in [2.75, 3.05) is 0 Å². The van der Waals surface area contributed by atoms with E-state index in [9.17, 15) is 9.90 Å². The number of aliphatic hydroxyl groups excluding tert-OH is 1. The van der Waals surface area contributed by atoms with Crippen LogP contribution in [0.1, 0.15) is 78.1 Å². The van der Waals surface area contributed by atoms with Gasteiger partial charge in [0.25, 0.3) is 0 Å². The Labute approximate surface area is 135 Å². The molecule has 1 N–H and O–H groups in total. The van der Waals surface area contributed by atoms with Crippen LogP contribution in [-0.4, -0.2) is 17.0 Å². The molecule has 0 aliphatic heterocycles. The zero-order valence-corrected chi connectivity index (χ0v) is 14.3. The highest BCUT2D eigenvalue weighted by Gasteiger charge is 2.58. The maximum Gasteiger partial charge on any atom is 0.139 e. The maximum atomic E-state index is 12.6. The second-order valence-electron chi connectivity index (χ2n) is 9.36. The predicted octanol–water partition coefficient (Wildman–Crippen LogP) is 4.35. The standard InChI is InChI=1S/C20H32O2/c1-19-10-8-14(21)12-13(19)6-7-15-16-4-3-5-18(22)20(16,2)11-9-17(15)19/h13-17,21H,3-12H2,1-2H3/t13?,14?,15?,16?,17?,19-,20?/m0/s1. The first-order chi connectivity index (χ1) is 10.4. The van der Waals surface area contributed by atoms with Gasteiger partial charge in [0.1, 0.15) is 5.78 Å². The van der Waals surface area contributed by atoms with Crippen molar-refractivity contribution in [3.05, 3.63) is 0 Å². The van der Waals surface area contributed by atoms with Crippen LogP contribution in [0, 0.1) is 34.5 Å². The molecule has 0 spiro atoms. The predicted molar refractivity (Wildman–Crippen MR) is 87.4 cm³/mol. The van der Waals surface area contributed by atoms with Crippen molar-refractivity contribution in [1.29, 1.82) is 0 Å². The lowest BCUT2D eigenvalue weighted by molar-refractivity contribution is -0.158. The van der Waals surface area contributed by atoms with Crippen LogP contribution in [0.2, 0.25) is 0 Å². The van der Waals surface area contributed by atoms with E-state index in [1.165, 1.54) is 32.1 Å². The largest absolute Gasteiger partial charge is 0.393 e. The molecule has 0 aromatic rings. The van der Waals surface area contributed by atoms with E-state index in [1.54, 1.807) is 0 Å². The van der Waals surface area contributed by atoms with Crippen LogP contribution >= 0.6 is 0 Å². The Morgan fingerprint density at radius 2 is 1.82 bits per heavy atom. The Kier molecular flexibility index (Phi) is 3.49. The number of fused-ring (bicyclic) bond motifs is 5. The van der Waals surface area contributed by atoms with Crippen molar-refractivity contribution in [3.63, 3.8) is 0 Å². The summed E-state index contributed by atoms with van der Waals surface area (Å²) in [7, 11) is 0. The van der Waals surface area contributed by atoms with Gasteiger partial charge in [-0.3, -0.25) is 4.79 Å². The molecule has 0 radical (unpaired) electrons. The van der Waals surface area contributed by atoms with E-state index in [2.05, 4.69) is 13.8 Å². The van der Waals surface area contributed by atoms with Gasteiger partial charge in [-0.05, 0) is 86.9 Å². The van der Waals surface area contributed by atoms with Crippen LogP contribution in [0.5, 0.6) is 0 Å². The molecule has 2 heteroatoms. The third kappa shape index (κ3) is 1.98. The molecule has 6 unspecified atom stereocenters. The zero-order valence-electron chi connectivity index (χ0n) is 14.3. The van der Waals surface area contributed by atoms with Gasteiger partial charge in [0.15, 0.2) is 0 Å². The molecule has 0 bridgehead atoms. The lowest BCUT2D eigenvalue weighted by Gasteiger charge is -2.61. The summed E-state index contributed by atoms with van der Waals surface area (Å²) in [6, 6.07) is 0. The van der Waals surface area contributed by atoms with Gasteiger partial charge < -0.3 is 5.11 Å². The molecule has 0 amide bonds. The van der Waals surface area contributed by atoms with Gasteiger partial charge >= 0.3 is 0 Å². The monoisotopic (exact) mass is 304 g/mol. The minimum Gasteiger partial charge on any atom is -0.393 e. The topological polar surface area (TPSA) is 37.3 Å². The van der Waals surface area contributed by atoms with Gasteiger partial charge in [-0.15, -0.1) is 0 Å². The van der Waals surface area contributed by atoms with Crippen LogP contribution in [0.4, 0.5) is 0 Å². The normalized spacial score (nSPS) is 55.0. The minimum atomic E-state index is -0.0558. The van der Waals surface area contributed by atoms with Crippen LogP contribution in [0.15, 0.2) is 0 Å². The quantitative estimate of drug-likeness (QED) is 0.722. The number of rotatable bonds is 0. The molecule has 4 aliphatic rings. The van der Waals surface area contributed by atoms with Crippen LogP contribution in [0.3, 0.4) is 0 Å². The van der Waals surface area contributed by atoms with Crippen LogP contribution in [-0.2, 0) is 4.79 Å². The smallest absolute Gasteiger partial charge is 0.139 e. The van der Waals surface area contributed by atoms with E-state index in [-0.39, 0.29) is 11.5 Å². The molecule has 7 atom stereocenters. The summed E-state index contributed by atoms with van der Waals surface area (Å²) in [5.41, 5.74) is 0.431. The van der Waals surface area contributed by atoms with Crippen molar-refractivity contribution >= 4 is 5.78 Å². The average molecular weight is 304 g/mol. The molecular formula is C20H32O2. The van der Waals surface area contributed by atoms with E-state index in [1.807, 2.05) is 0 Å². The summed E-state index contributed by atoms with van der Waals surface area (Å²) < 4.78 is 0. The second-order valence-corrected chi connectivity index (χ2v) is 9.36.